The maximum absolute atomic E-state index is 5.41. The molecule has 0 amide bonds. The highest BCUT2D eigenvalue weighted by atomic mass is 16.5. The highest BCUT2D eigenvalue weighted by molar-refractivity contribution is 5.79. The van der Waals surface area contributed by atoms with Gasteiger partial charge in [0.15, 0.2) is 0 Å². The zero-order chi connectivity index (χ0) is 17.4. The number of benzene rings is 1. The number of pyridine rings is 1. The smallest absolute Gasteiger partial charge is 0.262 e. The van der Waals surface area contributed by atoms with Gasteiger partial charge in [-0.15, -0.1) is 5.53 Å². The molecule has 0 saturated heterocycles. The van der Waals surface area contributed by atoms with Crippen molar-refractivity contribution < 1.29 is 9.26 Å². The highest BCUT2D eigenvalue weighted by Crippen LogP contribution is 2.35. The molecule has 128 valence electrons. The van der Waals surface area contributed by atoms with Crippen molar-refractivity contribution in [2.75, 3.05) is 17.5 Å². The van der Waals surface area contributed by atoms with E-state index in [1.807, 2.05) is 18.2 Å². The molecule has 3 heterocycles. The largest absolute Gasteiger partial charge is 0.494 e. The number of nitrogens with one attached hydrogen (secondary N) is 2. The van der Waals surface area contributed by atoms with Crippen LogP contribution in [0, 0.1) is 0 Å². The number of anilines is 2. The van der Waals surface area contributed by atoms with Gasteiger partial charge in [0, 0.05) is 17.8 Å². The summed E-state index contributed by atoms with van der Waals surface area (Å²) >= 11 is 0. The number of methoxy groups -OCH3 is 1. The van der Waals surface area contributed by atoms with Gasteiger partial charge in [0.2, 0.25) is 5.82 Å². The van der Waals surface area contributed by atoms with Gasteiger partial charge in [-0.05, 0) is 38.1 Å². The molecule has 2 aromatic heterocycles. The molecule has 3 aromatic rings. The van der Waals surface area contributed by atoms with Crippen molar-refractivity contribution in [2.45, 2.75) is 19.9 Å². The Balaban J connectivity index is 1.67. The van der Waals surface area contributed by atoms with E-state index in [9.17, 15) is 0 Å². The zero-order valence-electron chi connectivity index (χ0n) is 14.1. The summed E-state index contributed by atoms with van der Waals surface area (Å²) in [6, 6.07) is 8.10. The first-order chi connectivity index (χ1) is 12.2. The Labute approximate surface area is 144 Å². The molecule has 1 aromatic carbocycles. The standard InChI is InChI=1S/C17H18N6O2/c1-10(2)23-14-5-4-11(8-13(14)20-22-23)16-19-17(25-21-16)12-6-7-18-9-15(12)24-3/h4-10,20,22H,1-3H3. The maximum atomic E-state index is 5.41. The molecule has 8 nitrogen and oxygen atoms in total. The van der Waals surface area contributed by atoms with Gasteiger partial charge in [0.1, 0.15) is 5.75 Å². The third-order valence-corrected chi connectivity index (χ3v) is 4.00. The summed E-state index contributed by atoms with van der Waals surface area (Å²) < 4.78 is 10.7. The van der Waals surface area contributed by atoms with E-state index in [0.29, 0.717) is 29.1 Å². The molecule has 0 bridgehead atoms. The molecule has 8 heteroatoms. The number of aromatic nitrogens is 3. The number of fused-ring (bicyclic) bond motifs is 1. The van der Waals surface area contributed by atoms with Crippen LogP contribution in [0.15, 0.2) is 41.2 Å². The van der Waals surface area contributed by atoms with Crippen LogP contribution in [0.25, 0.3) is 22.8 Å². The first kappa shape index (κ1) is 15.4. The van der Waals surface area contributed by atoms with Crippen LogP contribution in [0.1, 0.15) is 13.8 Å². The van der Waals surface area contributed by atoms with E-state index in [-0.39, 0.29) is 0 Å². The lowest BCUT2D eigenvalue weighted by Gasteiger charge is -2.21. The summed E-state index contributed by atoms with van der Waals surface area (Å²) in [5.74, 6) is 1.50. The molecule has 0 fully saturated rings. The summed E-state index contributed by atoms with van der Waals surface area (Å²) in [5, 5.41) is 6.15. The minimum absolute atomic E-state index is 0.329. The van der Waals surface area contributed by atoms with Gasteiger partial charge in [-0.2, -0.15) is 4.98 Å². The normalized spacial score (nSPS) is 13.0. The molecule has 25 heavy (non-hydrogen) atoms. The first-order valence-electron chi connectivity index (χ1n) is 7.95. The number of hydrogen-bond donors (Lipinski definition) is 2. The Morgan fingerprint density at radius 2 is 2.12 bits per heavy atom. The van der Waals surface area contributed by atoms with Crippen LogP contribution in [-0.4, -0.2) is 28.3 Å². The Morgan fingerprint density at radius 3 is 2.92 bits per heavy atom. The Bertz CT molecular complexity index is 908. The topological polar surface area (TPSA) is 88.3 Å². The molecular weight excluding hydrogens is 320 g/mol. The second-order valence-corrected chi connectivity index (χ2v) is 5.93. The van der Waals surface area contributed by atoms with E-state index in [4.69, 9.17) is 9.26 Å². The molecule has 0 radical (unpaired) electrons. The maximum Gasteiger partial charge on any atom is 0.262 e. The van der Waals surface area contributed by atoms with Crippen molar-refractivity contribution in [3.05, 3.63) is 36.7 Å². The van der Waals surface area contributed by atoms with Crippen LogP contribution in [-0.2, 0) is 0 Å². The van der Waals surface area contributed by atoms with Crippen molar-refractivity contribution in [1.29, 1.82) is 0 Å². The summed E-state index contributed by atoms with van der Waals surface area (Å²) in [5.41, 5.74) is 9.93. The minimum atomic E-state index is 0.329. The third-order valence-electron chi connectivity index (χ3n) is 4.00. The molecule has 4 rings (SSSR count). The van der Waals surface area contributed by atoms with E-state index in [1.54, 1.807) is 25.6 Å². The number of ether oxygens (including phenoxy) is 1. The lowest BCUT2D eigenvalue weighted by Crippen LogP contribution is -2.41. The Kier molecular flexibility index (Phi) is 3.73. The van der Waals surface area contributed by atoms with E-state index in [1.165, 1.54) is 0 Å². The van der Waals surface area contributed by atoms with E-state index >= 15 is 0 Å². The molecule has 0 unspecified atom stereocenters. The minimum Gasteiger partial charge on any atom is -0.494 e. The van der Waals surface area contributed by atoms with Gasteiger partial charge in [-0.25, -0.2) is 0 Å². The number of hydrazine groups is 2. The van der Waals surface area contributed by atoms with Crippen LogP contribution >= 0.6 is 0 Å². The molecule has 0 saturated carbocycles. The van der Waals surface area contributed by atoms with Gasteiger partial charge in [0.05, 0.1) is 30.2 Å². The fourth-order valence-corrected chi connectivity index (χ4v) is 2.74. The molecule has 0 aliphatic carbocycles. The zero-order valence-corrected chi connectivity index (χ0v) is 14.1. The van der Waals surface area contributed by atoms with Crippen molar-refractivity contribution in [2.24, 2.45) is 0 Å². The summed E-state index contributed by atoms with van der Waals surface area (Å²) in [6.45, 7) is 4.23. The van der Waals surface area contributed by atoms with Crippen LogP contribution in [0.2, 0.25) is 0 Å². The fraction of sp³-hybridized carbons (Fsp3) is 0.235. The summed E-state index contributed by atoms with van der Waals surface area (Å²) in [7, 11) is 1.58. The molecule has 1 aliphatic rings. The van der Waals surface area contributed by atoms with Crippen molar-refractivity contribution in [3.8, 4) is 28.6 Å². The van der Waals surface area contributed by atoms with Crippen molar-refractivity contribution >= 4 is 11.4 Å². The van der Waals surface area contributed by atoms with Crippen LogP contribution in [0.4, 0.5) is 11.4 Å². The van der Waals surface area contributed by atoms with Gasteiger partial charge in [-0.3, -0.25) is 9.99 Å². The second kappa shape index (κ2) is 6.06. The van der Waals surface area contributed by atoms with E-state index < -0.39 is 0 Å². The first-order valence-corrected chi connectivity index (χ1v) is 7.95. The lowest BCUT2D eigenvalue weighted by molar-refractivity contribution is 0.404. The van der Waals surface area contributed by atoms with Crippen LogP contribution in [0.5, 0.6) is 5.75 Å². The summed E-state index contributed by atoms with van der Waals surface area (Å²) in [6.07, 6.45) is 3.28. The third kappa shape index (κ3) is 2.66. The van der Waals surface area contributed by atoms with Crippen molar-refractivity contribution in [3.63, 3.8) is 0 Å². The van der Waals surface area contributed by atoms with Gasteiger partial charge >= 0.3 is 0 Å². The monoisotopic (exact) mass is 338 g/mol. The molecule has 0 atom stereocenters. The predicted molar refractivity (Wildman–Crippen MR) is 93.9 cm³/mol. The van der Waals surface area contributed by atoms with Crippen molar-refractivity contribution in [1.82, 2.24) is 20.7 Å². The quantitative estimate of drug-likeness (QED) is 0.751. The van der Waals surface area contributed by atoms with Crippen LogP contribution in [0.3, 0.4) is 0 Å². The SMILES string of the molecule is COc1cnccc1-c1nc(-c2ccc3c(c2)NNN3C(C)C)no1. The highest BCUT2D eigenvalue weighted by Gasteiger charge is 2.22. The second-order valence-electron chi connectivity index (χ2n) is 5.93. The Morgan fingerprint density at radius 1 is 1.24 bits per heavy atom. The summed E-state index contributed by atoms with van der Waals surface area (Å²) in [4.78, 5) is 8.52. The molecule has 1 aliphatic heterocycles. The lowest BCUT2D eigenvalue weighted by atomic mass is 10.1. The van der Waals surface area contributed by atoms with E-state index in [2.05, 4.69) is 44.9 Å². The average Bonchev–Trinajstić information content (AvgIpc) is 3.28. The predicted octanol–water partition coefficient (Wildman–Crippen LogP) is 2.87. The Hall–Kier alpha value is -3.13. The van der Waals surface area contributed by atoms with Crippen LogP contribution < -0.4 is 20.7 Å². The van der Waals surface area contributed by atoms with Gasteiger partial charge in [0.25, 0.3) is 5.89 Å². The number of hydrogen-bond acceptors (Lipinski definition) is 8. The molecule has 2 N–H and O–H groups in total. The van der Waals surface area contributed by atoms with Gasteiger partial charge in [-0.1, -0.05) is 5.16 Å². The van der Waals surface area contributed by atoms with Gasteiger partial charge < -0.3 is 14.7 Å². The number of nitrogens with zero attached hydrogens (tertiary/aromatic N) is 4. The molecule has 0 spiro atoms. The van der Waals surface area contributed by atoms with E-state index in [0.717, 1.165) is 16.9 Å². The average molecular weight is 338 g/mol. The fourth-order valence-electron chi connectivity index (χ4n) is 2.74. The number of rotatable bonds is 4. The molecular formula is C17H18N6O2.